The lowest BCUT2D eigenvalue weighted by Crippen LogP contribution is -2.28. The van der Waals surface area contributed by atoms with E-state index >= 15 is 0 Å². The van der Waals surface area contributed by atoms with E-state index in [1.54, 1.807) is 32.0 Å². The number of rotatable bonds is 5. The number of aliphatic carboxylic acids is 1. The molecule has 0 bridgehead atoms. The summed E-state index contributed by atoms with van der Waals surface area (Å²) < 4.78 is 11.9. The highest BCUT2D eigenvalue weighted by atomic mass is 35.5. The molecule has 0 radical (unpaired) electrons. The second-order valence-corrected chi connectivity index (χ2v) is 8.80. The Balaban J connectivity index is 1.82. The molecule has 1 aliphatic heterocycles. The molecule has 0 fully saturated rings. The van der Waals surface area contributed by atoms with Crippen LogP contribution in [0.1, 0.15) is 44.4 Å². The van der Waals surface area contributed by atoms with E-state index in [1.165, 1.54) is 0 Å². The average molecular weight is 409 g/mol. The van der Waals surface area contributed by atoms with Gasteiger partial charge in [0.1, 0.15) is 23.7 Å². The lowest BCUT2D eigenvalue weighted by Gasteiger charge is -2.21. The van der Waals surface area contributed by atoms with Crippen molar-refractivity contribution in [2.45, 2.75) is 51.7 Å². The Bertz CT molecular complexity index is 903. The zero-order chi connectivity index (χ0) is 20.0. The normalized spacial score (nSPS) is 15.2. The van der Waals surface area contributed by atoms with E-state index in [-0.39, 0.29) is 12.2 Å². The SMILES string of the molecule is CC1(C)Cc2cc(Cl)cc(COc3ccc(C(C)(C)C(=O)O)cc3Cl)c2O1. The van der Waals surface area contributed by atoms with E-state index < -0.39 is 11.4 Å². The highest BCUT2D eigenvalue weighted by Gasteiger charge is 2.33. The first kappa shape index (κ1) is 19.8. The number of ether oxygens (including phenoxy) is 2. The number of carbonyl (C=O) groups is 1. The van der Waals surface area contributed by atoms with E-state index in [2.05, 4.69) is 0 Å². The minimum Gasteiger partial charge on any atom is -0.487 e. The van der Waals surface area contributed by atoms with Gasteiger partial charge in [0.15, 0.2) is 0 Å². The van der Waals surface area contributed by atoms with Crippen LogP contribution in [0.2, 0.25) is 10.0 Å². The van der Waals surface area contributed by atoms with E-state index in [4.69, 9.17) is 32.7 Å². The largest absolute Gasteiger partial charge is 0.487 e. The van der Waals surface area contributed by atoms with Gasteiger partial charge in [-0.05, 0) is 63.1 Å². The van der Waals surface area contributed by atoms with Crippen LogP contribution in [0, 0.1) is 0 Å². The van der Waals surface area contributed by atoms with Crippen molar-refractivity contribution in [1.82, 2.24) is 0 Å². The smallest absolute Gasteiger partial charge is 0.313 e. The fourth-order valence-electron chi connectivity index (χ4n) is 3.14. The van der Waals surface area contributed by atoms with E-state index in [9.17, 15) is 9.90 Å². The average Bonchev–Trinajstić information content (AvgIpc) is 2.87. The van der Waals surface area contributed by atoms with Crippen molar-refractivity contribution in [2.24, 2.45) is 0 Å². The number of carboxylic acids is 1. The van der Waals surface area contributed by atoms with Gasteiger partial charge < -0.3 is 14.6 Å². The lowest BCUT2D eigenvalue weighted by molar-refractivity contribution is -0.142. The van der Waals surface area contributed by atoms with Gasteiger partial charge in [-0.1, -0.05) is 29.3 Å². The highest BCUT2D eigenvalue weighted by Crippen LogP contribution is 2.40. The Morgan fingerprint density at radius 3 is 2.59 bits per heavy atom. The molecular weight excluding hydrogens is 387 g/mol. The second-order valence-electron chi connectivity index (χ2n) is 7.96. The van der Waals surface area contributed by atoms with Gasteiger partial charge in [-0.3, -0.25) is 4.79 Å². The maximum atomic E-state index is 11.4. The van der Waals surface area contributed by atoms with Crippen LogP contribution in [0.15, 0.2) is 30.3 Å². The molecule has 0 unspecified atom stereocenters. The van der Waals surface area contributed by atoms with Crippen molar-refractivity contribution in [1.29, 1.82) is 0 Å². The number of halogens is 2. The molecule has 2 aromatic carbocycles. The van der Waals surface area contributed by atoms with Crippen LogP contribution in [0.3, 0.4) is 0 Å². The monoisotopic (exact) mass is 408 g/mol. The third kappa shape index (κ3) is 4.02. The maximum absolute atomic E-state index is 11.4. The second kappa shape index (κ2) is 6.92. The van der Waals surface area contributed by atoms with E-state index in [0.29, 0.717) is 21.4 Å². The summed E-state index contributed by atoms with van der Waals surface area (Å²) >= 11 is 12.6. The zero-order valence-corrected chi connectivity index (χ0v) is 17.2. The number of benzene rings is 2. The Labute approximate surface area is 169 Å². The first-order valence-corrected chi connectivity index (χ1v) is 9.42. The van der Waals surface area contributed by atoms with E-state index in [1.807, 2.05) is 26.0 Å². The van der Waals surface area contributed by atoms with Gasteiger partial charge in [-0.2, -0.15) is 0 Å². The number of hydrogen-bond acceptors (Lipinski definition) is 3. The quantitative estimate of drug-likeness (QED) is 0.694. The van der Waals surface area contributed by atoms with Gasteiger partial charge in [0.25, 0.3) is 0 Å². The summed E-state index contributed by atoms with van der Waals surface area (Å²) in [6.07, 6.45) is 0.787. The zero-order valence-electron chi connectivity index (χ0n) is 15.7. The standard InChI is InChI=1S/C21H22Cl2O4/c1-20(2)10-12-7-15(22)8-13(18(12)27-20)11-26-17-6-5-14(9-16(17)23)21(3,4)19(24)25/h5-9H,10-11H2,1-4H3,(H,24,25). The summed E-state index contributed by atoms with van der Waals surface area (Å²) in [5.41, 5.74) is 1.23. The van der Waals surface area contributed by atoms with Crippen molar-refractivity contribution in [3.8, 4) is 11.5 Å². The van der Waals surface area contributed by atoms with Crippen LogP contribution < -0.4 is 9.47 Å². The minimum absolute atomic E-state index is 0.250. The molecule has 0 spiro atoms. The van der Waals surface area contributed by atoms with Crippen LogP contribution in [-0.4, -0.2) is 16.7 Å². The number of fused-ring (bicyclic) bond motifs is 1. The first-order chi connectivity index (χ1) is 12.5. The molecule has 4 nitrogen and oxygen atoms in total. The van der Waals surface area contributed by atoms with Crippen LogP contribution in [0.5, 0.6) is 11.5 Å². The molecule has 0 saturated heterocycles. The predicted molar refractivity (Wildman–Crippen MR) is 106 cm³/mol. The molecule has 6 heteroatoms. The molecule has 144 valence electrons. The van der Waals surface area contributed by atoms with Gasteiger partial charge in [-0.25, -0.2) is 0 Å². The van der Waals surface area contributed by atoms with Crippen molar-refractivity contribution in [3.63, 3.8) is 0 Å². The molecule has 0 amide bonds. The summed E-state index contributed by atoms with van der Waals surface area (Å²) in [5.74, 6) is 0.373. The molecule has 2 aromatic rings. The Kier molecular flexibility index (Phi) is 5.08. The topological polar surface area (TPSA) is 55.8 Å². The molecular formula is C21H22Cl2O4. The number of hydrogen-bond donors (Lipinski definition) is 1. The molecule has 0 aromatic heterocycles. The molecule has 1 N–H and O–H groups in total. The fourth-order valence-corrected chi connectivity index (χ4v) is 3.64. The first-order valence-electron chi connectivity index (χ1n) is 8.66. The summed E-state index contributed by atoms with van der Waals surface area (Å²) in [5, 5.41) is 10.4. The van der Waals surface area contributed by atoms with Crippen LogP contribution in [0.25, 0.3) is 0 Å². The van der Waals surface area contributed by atoms with Crippen LogP contribution in [-0.2, 0) is 23.2 Å². The van der Waals surface area contributed by atoms with Crippen LogP contribution >= 0.6 is 23.2 Å². The van der Waals surface area contributed by atoms with E-state index in [0.717, 1.165) is 23.3 Å². The van der Waals surface area contributed by atoms with Crippen LogP contribution in [0.4, 0.5) is 0 Å². The number of carboxylic acid groups (broad SMARTS) is 1. The third-order valence-corrected chi connectivity index (χ3v) is 5.29. The van der Waals surface area contributed by atoms with Gasteiger partial charge in [0, 0.05) is 17.0 Å². The maximum Gasteiger partial charge on any atom is 0.313 e. The van der Waals surface area contributed by atoms with Crippen molar-refractivity contribution in [3.05, 3.63) is 57.1 Å². The Morgan fingerprint density at radius 2 is 1.96 bits per heavy atom. The summed E-state index contributed by atoms with van der Waals surface area (Å²) in [6, 6.07) is 8.80. The Morgan fingerprint density at radius 1 is 1.26 bits per heavy atom. The lowest BCUT2D eigenvalue weighted by atomic mass is 9.85. The molecule has 3 rings (SSSR count). The molecule has 0 saturated carbocycles. The molecule has 1 aliphatic rings. The molecule has 0 atom stereocenters. The molecule has 27 heavy (non-hydrogen) atoms. The highest BCUT2D eigenvalue weighted by molar-refractivity contribution is 6.32. The summed E-state index contributed by atoms with van der Waals surface area (Å²) in [6.45, 7) is 7.59. The third-order valence-electron chi connectivity index (χ3n) is 4.77. The minimum atomic E-state index is -1.03. The van der Waals surface area contributed by atoms with Crippen molar-refractivity contribution >= 4 is 29.2 Å². The van der Waals surface area contributed by atoms with Gasteiger partial charge in [-0.15, -0.1) is 0 Å². The fraction of sp³-hybridized carbons (Fsp3) is 0.381. The summed E-state index contributed by atoms with van der Waals surface area (Å²) in [4.78, 5) is 11.4. The van der Waals surface area contributed by atoms with Crippen molar-refractivity contribution < 1.29 is 19.4 Å². The Hall–Kier alpha value is -1.91. The summed E-state index contributed by atoms with van der Waals surface area (Å²) in [7, 11) is 0. The predicted octanol–water partition coefficient (Wildman–Crippen LogP) is 5.65. The van der Waals surface area contributed by atoms with Gasteiger partial charge in [0.05, 0.1) is 10.4 Å². The van der Waals surface area contributed by atoms with Gasteiger partial charge in [0.2, 0.25) is 0 Å². The van der Waals surface area contributed by atoms with Gasteiger partial charge >= 0.3 is 5.97 Å². The van der Waals surface area contributed by atoms with Crippen molar-refractivity contribution in [2.75, 3.05) is 0 Å². The molecule has 0 aliphatic carbocycles. The molecule has 1 heterocycles.